The van der Waals surface area contributed by atoms with Crippen molar-refractivity contribution in [2.75, 3.05) is 6.61 Å². The van der Waals surface area contributed by atoms with Crippen LogP contribution >= 0.6 is 0 Å². The van der Waals surface area contributed by atoms with E-state index in [1.165, 1.54) is 12.2 Å². The van der Waals surface area contributed by atoms with Gasteiger partial charge in [-0.3, -0.25) is 5.41 Å². The van der Waals surface area contributed by atoms with Crippen molar-refractivity contribution < 1.29 is 4.74 Å². The predicted octanol–water partition coefficient (Wildman–Crippen LogP) is 1.58. The second-order valence-corrected chi connectivity index (χ2v) is 2.41. The van der Waals surface area contributed by atoms with E-state index in [4.69, 9.17) is 25.9 Å². The van der Waals surface area contributed by atoms with E-state index in [9.17, 15) is 0 Å². The van der Waals surface area contributed by atoms with Gasteiger partial charge in [-0.05, 0) is 12.8 Å². The van der Waals surface area contributed by atoms with Crippen LogP contribution in [-0.2, 0) is 4.74 Å². The summed E-state index contributed by atoms with van der Waals surface area (Å²) in [6.07, 6.45) is 2.45. The summed E-state index contributed by atoms with van der Waals surface area (Å²) in [7, 11) is 0. The average molecular weight is 212 g/mol. The highest BCUT2D eigenvalue weighted by atomic mass is 16.5. The highest BCUT2D eigenvalue weighted by molar-refractivity contribution is 5.65. The van der Waals surface area contributed by atoms with Crippen molar-refractivity contribution >= 4 is 5.87 Å². The molecule has 0 aromatic rings. The molecule has 0 saturated heterocycles. The van der Waals surface area contributed by atoms with Gasteiger partial charge in [-0.2, -0.15) is 15.8 Å². The molecule has 0 atom stereocenters. The smallest absolute Gasteiger partial charge is 0.133 e. The van der Waals surface area contributed by atoms with Gasteiger partial charge in [0.05, 0.1) is 6.61 Å². The lowest BCUT2D eigenvalue weighted by atomic mass is 10.2. The molecule has 0 rings (SSSR count). The Kier molecular flexibility index (Phi) is 6.26. The molecule has 5 nitrogen and oxygen atoms in total. The molecule has 5 heteroatoms. The molecule has 0 aliphatic rings. The SMILES string of the molecule is CCOC(C=C(C#N)C#N)=CC(=C=N)C#N. The van der Waals surface area contributed by atoms with Gasteiger partial charge in [-0.15, -0.1) is 0 Å². The maximum atomic E-state index is 8.57. The maximum absolute atomic E-state index is 8.57. The van der Waals surface area contributed by atoms with E-state index < -0.39 is 0 Å². The highest BCUT2D eigenvalue weighted by Crippen LogP contribution is 2.06. The predicted molar refractivity (Wildman–Crippen MR) is 55.9 cm³/mol. The molecule has 0 fully saturated rings. The quantitative estimate of drug-likeness (QED) is 0.330. The Hall–Kier alpha value is -2.80. The fraction of sp³-hybridized carbons (Fsp3) is 0.182. The first kappa shape index (κ1) is 13.2. The van der Waals surface area contributed by atoms with Gasteiger partial charge in [-0.1, -0.05) is 0 Å². The first-order chi connectivity index (χ1) is 7.71. The number of allylic oxidation sites excluding steroid dienone is 4. The first-order valence-electron chi connectivity index (χ1n) is 4.28. The molecule has 0 spiro atoms. The van der Waals surface area contributed by atoms with Crippen molar-refractivity contribution in [3.8, 4) is 18.2 Å². The molecular formula is C11H8N4O. The standard InChI is InChI=1S/C11H8N4O/c1-2-16-11(3-9(5-12)6-13)4-10(7-14)8-15/h3-4,12H,2H2,1H3. The fourth-order valence-electron chi connectivity index (χ4n) is 0.762. The number of hydrogen-bond donors (Lipinski definition) is 1. The minimum absolute atomic E-state index is 0.0464. The molecule has 0 radical (unpaired) electrons. The van der Waals surface area contributed by atoms with E-state index in [0.717, 1.165) is 0 Å². The zero-order valence-electron chi connectivity index (χ0n) is 8.61. The van der Waals surface area contributed by atoms with Crippen LogP contribution in [0.15, 0.2) is 29.1 Å². The number of rotatable bonds is 4. The van der Waals surface area contributed by atoms with Crippen molar-refractivity contribution in [1.82, 2.24) is 0 Å². The third-order valence-corrected chi connectivity index (χ3v) is 1.38. The minimum Gasteiger partial charge on any atom is -0.494 e. The number of ether oxygens (including phenoxy) is 1. The largest absolute Gasteiger partial charge is 0.494 e. The van der Waals surface area contributed by atoms with Gasteiger partial charge >= 0.3 is 0 Å². The van der Waals surface area contributed by atoms with Crippen molar-refractivity contribution in [3.63, 3.8) is 0 Å². The van der Waals surface area contributed by atoms with E-state index >= 15 is 0 Å². The van der Waals surface area contributed by atoms with Crippen LogP contribution in [0.4, 0.5) is 0 Å². The number of nitriles is 3. The van der Waals surface area contributed by atoms with Crippen LogP contribution in [0.2, 0.25) is 0 Å². The van der Waals surface area contributed by atoms with E-state index in [2.05, 4.69) is 0 Å². The third-order valence-electron chi connectivity index (χ3n) is 1.38. The van der Waals surface area contributed by atoms with Crippen molar-refractivity contribution in [2.45, 2.75) is 6.92 Å². The number of nitrogens with zero attached hydrogens (tertiary/aromatic N) is 3. The fourth-order valence-corrected chi connectivity index (χ4v) is 0.762. The summed E-state index contributed by atoms with van der Waals surface area (Å²) in [5, 5.41) is 32.5. The van der Waals surface area contributed by atoms with Gasteiger partial charge in [0.1, 0.15) is 35.1 Å². The van der Waals surface area contributed by atoms with Gasteiger partial charge < -0.3 is 4.74 Å². The Morgan fingerprint density at radius 2 is 1.81 bits per heavy atom. The van der Waals surface area contributed by atoms with Crippen LogP contribution in [0.3, 0.4) is 0 Å². The monoisotopic (exact) mass is 212 g/mol. The summed E-state index contributed by atoms with van der Waals surface area (Å²) < 4.78 is 5.10. The number of hydrogen-bond acceptors (Lipinski definition) is 5. The molecule has 0 amide bonds. The zero-order chi connectivity index (χ0) is 12.4. The lowest BCUT2D eigenvalue weighted by molar-refractivity contribution is 0.242. The molecule has 1 N–H and O–H groups in total. The van der Waals surface area contributed by atoms with Crippen LogP contribution in [0.5, 0.6) is 0 Å². The first-order valence-corrected chi connectivity index (χ1v) is 4.28. The topological polar surface area (TPSA) is 104 Å². The van der Waals surface area contributed by atoms with E-state index in [1.54, 1.807) is 25.1 Å². The summed E-state index contributed by atoms with van der Waals surface area (Å²) in [6, 6.07) is 5.06. The van der Waals surface area contributed by atoms with Crippen molar-refractivity contribution in [1.29, 1.82) is 21.2 Å². The van der Waals surface area contributed by atoms with Gasteiger partial charge in [-0.25, -0.2) is 0 Å². The molecule has 0 saturated carbocycles. The van der Waals surface area contributed by atoms with Crippen LogP contribution < -0.4 is 0 Å². The molecule has 0 aliphatic carbocycles. The molecule has 0 heterocycles. The molecule has 0 unspecified atom stereocenters. The Morgan fingerprint density at radius 3 is 2.19 bits per heavy atom. The molecular weight excluding hydrogens is 204 g/mol. The summed E-state index contributed by atoms with van der Waals surface area (Å²) in [5.41, 5.74) is -0.183. The van der Waals surface area contributed by atoms with E-state index in [0.29, 0.717) is 6.61 Å². The van der Waals surface area contributed by atoms with Crippen molar-refractivity contribution in [2.24, 2.45) is 0 Å². The molecule has 0 bridgehead atoms. The van der Waals surface area contributed by atoms with Crippen molar-refractivity contribution in [3.05, 3.63) is 29.1 Å². The van der Waals surface area contributed by atoms with Gasteiger partial charge in [0.2, 0.25) is 0 Å². The summed E-state index contributed by atoms with van der Waals surface area (Å²) in [5.74, 6) is 2.08. The molecule has 0 aromatic carbocycles. The minimum atomic E-state index is -0.137. The lowest BCUT2D eigenvalue weighted by Crippen LogP contribution is -1.91. The van der Waals surface area contributed by atoms with Crippen LogP contribution in [0.25, 0.3) is 0 Å². The third kappa shape index (κ3) is 4.44. The van der Waals surface area contributed by atoms with E-state index in [-0.39, 0.29) is 16.9 Å². The van der Waals surface area contributed by atoms with Gasteiger partial charge in [0.15, 0.2) is 0 Å². The second-order valence-electron chi connectivity index (χ2n) is 2.41. The molecule has 0 aliphatic heterocycles. The molecule has 0 aromatic heterocycles. The summed E-state index contributed by atoms with van der Waals surface area (Å²) >= 11 is 0. The van der Waals surface area contributed by atoms with Crippen LogP contribution in [-0.4, -0.2) is 12.5 Å². The van der Waals surface area contributed by atoms with Crippen LogP contribution in [0, 0.1) is 39.4 Å². The zero-order valence-corrected chi connectivity index (χ0v) is 8.61. The Bertz CT molecular complexity index is 472. The maximum Gasteiger partial charge on any atom is 0.133 e. The Morgan fingerprint density at radius 1 is 1.19 bits per heavy atom. The second kappa shape index (κ2) is 7.59. The van der Waals surface area contributed by atoms with E-state index in [1.807, 2.05) is 5.87 Å². The number of nitrogens with one attached hydrogen (secondary N) is 1. The highest BCUT2D eigenvalue weighted by Gasteiger charge is 2.00. The molecule has 16 heavy (non-hydrogen) atoms. The van der Waals surface area contributed by atoms with Crippen LogP contribution in [0.1, 0.15) is 6.92 Å². The Labute approximate surface area is 93.3 Å². The normalized spacial score (nSPS) is 8.75. The lowest BCUT2D eigenvalue weighted by Gasteiger charge is -2.02. The summed E-state index contributed by atoms with van der Waals surface area (Å²) in [6.45, 7) is 2.05. The Balaban J connectivity index is 5.30. The van der Waals surface area contributed by atoms with Gasteiger partial charge in [0.25, 0.3) is 0 Å². The average Bonchev–Trinajstić information content (AvgIpc) is 2.32. The summed E-state index contributed by atoms with van der Waals surface area (Å²) in [4.78, 5) is 0. The van der Waals surface area contributed by atoms with Gasteiger partial charge in [0, 0.05) is 12.2 Å². The molecule has 78 valence electrons.